The van der Waals surface area contributed by atoms with Gasteiger partial charge in [0.1, 0.15) is 0 Å². The number of hydrogen-bond donors (Lipinski definition) is 1. The van der Waals surface area contributed by atoms with E-state index in [4.69, 9.17) is 7.91 Å². The molecule has 5 heteroatoms. The molecule has 0 rings (SSSR count). The molecular weight excluding hydrogens is 138 g/mol. The Morgan fingerprint density at radius 2 is 1.80 bits per heavy atom. The Hall–Kier alpha value is 0.0329. The van der Waals surface area contributed by atoms with Crippen molar-refractivity contribution in [1.82, 2.24) is 6.15 Å². The van der Waals surface area contributed by atoms with Crippen LogP contribution in [0.1, 0.15) is 0 Å². The molecule has 0 saturated carbocycles. The molecule has 0 spiro atoms. The summed E-state index contributed by atoms with van der Waals surface area (Å²) in [6.07, 6.45) is 0. The summed E-state index contributed by atoms with van der Waals surface area (Å²) < 4.78 is 27.0. The molecule has 0 aliphatic rings. The third kappa shape index (κ3) is 15400. The van der Waals surface area contributed by atoms with Crippen molar-refractivity contribution in [2.24, 2.45) is 0 Å². The Bertz CT molecular complexity index is 32.6. The minimum atomic E-state index is -4.33. The summed E-state index contributed by atoms with van der Waals surface area (Å²) in [4.78, 5) is 0. The topological polar surface area (TPSA) is 76.6 Å². The van der Waals surface area contributed by atoms with Crippen molar-refractivity contribution >= 4 is 15.1 Å². The molecule has 0 aromatic heterocycles. The molecule has 0 aliphatic carbocycles. The molecule has 0 fully saturated rings. The summed E-state index contributed by atoms with van der Waals surface area (Å²) in [5.74, 6) is 0. The van der Waals surface area contributed by atoms with Gasteiger partial charge in [-0.2, -0.15) is 0 Å². The van der Waals surface area contributed by atoms with Crippen LogP contribution in [0.4, 0.5) is 3.50 Å². The van der Waals surface area contributed by atoms with E-state index >= 15 is 0 Å². The zero-order chi connectivity index (χ0) is 3.58. The van der Waals surface area contributed by atoms with E-state index in [2.05, 4.69) is 0 Å². The average molecular weight is 142 g/mol. The molecule has 0 radical (unpaired) electrons. The van der Waals surface area contributed by atoms with E-state index in [1.54, 1.807) is 0 Å². The van der Waals surface area contributed by atoms with Crippen molar-refractivity contribution in [2.75, 3.05) is 0 Å². The van der Waals surface area contributed by atoms with Gasteiger partial charge < -0.3 is 6.15 Å². The van der Waals surface area contributed by atoms with E-state index in [0.29, 0.717) is 0 Å². The minimum absolute atomic E-state index is 0. The van der Waals surface area contributed by atoms with Crippen LogP contribution in [0, 0.1) is 0 Å². The number of quaternary nitrogens is 1. The van der Waals surface area contributed by atoms with Crippen LogP contribution in [0.15, 0.2) is 0 Å². The standard InChI is InChI=1S/FGeO2.H3N/c1-2(3)4;/h;1H3/q-1;/p+1. The SMILES string of the molecule is [NH4+].[O]=[Ge]([O-])[F]. The van der Waals surface area contributed by atoms with E-state index in [0.717, 1.165) is 0 Å². The van der Waals surface area contributed by atoms with Crippen molar-refractivity contribution < 1.29 is 11.4 Å². The molecule has 3 nitrogen and oxygen atoms in total. The van der Waals surface area contributed by atoms with Crippen molar-refractivity contribution in [3.8, 4) is 0 Å². The molecule has 0 heterocycles. The Kier molecular flexibility index (Phi) is 7.18. The second-order valence-electron chi connectivity index (χ2n) is 0.238. The quantitative estimate of drug-likeness (QED) is 0.445. The van der Waals surface area contributed by atoms with Gasteiger partial charge in [-0.25, -0.2) is 0 Å². The maximum absolute atomic E-state index is 10.1. The van der Waals surface area contributed by atoms with Crippen LogP contribution in [0.25, 0.3) is 0 Å². The van der Waals surface area contributed by atoms with Gasteiger partial charge in [0.25, 0.3) is 0 Å². The number of hydrogen-bond acceptors (Lipinski definition) is 2. The molecule has 0 aromatic rings. The first-order valence-corrected chi connectivity index (χ1v) is 3.10. The number of halogens is 1. The molecule has 0 bridgehead atoms. The van der Waals surface area contributed by atoms with E-state index in [9.17, 15) is 3.50 Å². The fourth-order valence-electron chi connectivity index (χ4n) is 0. The van der Waals surface area contributed by atoms with Crippen LogP contribution in [0.5, 0.6) is 0 Å². The van der Waals surface area contributed by atoms with Gasteiger partial charge in [0, 0.05) is 0 Å². The molecule has 4 N–H and O–H groups in total. The average Bonchev–Trinajstić information content (AvgIpc) is 0.811. The normalized spacial score (nSPS) is 5.00. The van der Waals surface area contributed by atoms with Gasteiger partial charge in [0.2, 0.25) is 0 Å². The predicted octanol–water partition coefficient (Wildman–Crippen LogP) is -0.892. The second kappa shape index (κ2) is 4.03. The van der Waals surface area contributed by atoms with Crippen molar-refractivity contribution in [2.45, 2.75) is 0 Å². The molecule has 0 amide bonds. The van der Waals surface area contributed by atoms with E-state index < -0.39 is 15.1 Å². The number of rotatable bonds is 0. The van der Waals surface area contributed by atoms with Gasteiger partial charge >= 0.3 is 26.5 Å². The van der Waals surface area contributed by atoms with Crippen LogP contribution in [-0.2, 0) is 3.78 Å². The van der Waals surface area contributed by atoms with Gasteiger partial charge in [-0.1, -0.05) is 0 Å². The molecule has 32 valence electrons. The van der Waals surface area contributed by atoms with Gasteiger partial charge in [0.05, 0.1) is 0 Å². The third-order valence-electron chi connectivity index (χ3n) is 0. The summed E-state index contributed by atoms with van der Waals surface area (Å²) in [6.45, 7) is 0. The summed E-state index contributed by atoms with van der Waals surface area (Å²) in [7, 11) is 0. The van der Waals surface area contributed by atoms with E-state index in [-0.39, 0.29) is 6.15 Å². The van der Waals surface area contributed by atoms with Crippen molar-refractivity contribution in [3.63, 3.8) is 0 Å². The van der Waals surface area contributed by atoms with E-state index in [1.807, 2.05) is 0 Å². The van der Waals surface area contributed by atoms with Gasteiger partial charge in [-0.05, 0) is 0 Å². The Balaban J connectivity index is 0. The first-order chi connectivity index (χ1) is 1.73. The van der Waals surface area contributed by atoms with E-state index in [1.165, 1.54) is 0 Å². The van der Waals surface area contributed by atoms with Gasteiger partial charge in [-0.3, -0.25) is 0 Å². The van der Waals surface area contributed by atoms with Crippen molar-refractivity contribution in [1.29, 1.82) is 0 Å². The van der Waals surface area contributed by atoms with Gasteiger partial charge in [0.15, 0.2) is 0 Å². The monoisotopic (exact) mass is 143 g/mol. The van der Waals surface area contributed by atoms with Crippen LogP contribution < -0.4 is 10.3 Å². The molecule has 0 saturated heterocycles. The van der Waals surface area contributed by atoms with Crippen LogP contribution in [-0.4, -0.2) is 15.1 Å². The van der Waals surface area contributed by atoms with Crippen LogP contribution in [0.3, 0.4) is 0 Å². The Morgan fingerprint density at radius 1 is 1.80 bits per heavy atom. The van der Waals surface area contributed by atoms with Crippen LogP contribution in [0.2, 0.25) is 0 Å². The zero-order valence-electron chi connectivity index (χ0n) is 2.69. The van der Waals surface area contributed by atoms with Crippen molar-refractivity contribution in [3.05, 3.63) is 0 Å². The summed E-state index contributed by atoms with van der Waals surface area (Å²) in [5.41, 5.74) is 0. The fourth-order valence-corrected chi connectivity index (χ4v) is 0. The summed E-state index contributed by atoms with van der Waals surface area (Å²) in [6, 6.07) is 0. The third-order valence-corrected chi connectivity index (χ3v) is 0. The van der Waals surface area contributed by atoms with Crippen LogP contribution >= 0.6 is 0 Å². The Labute approximate surface area is 33.5 Å². The molecule has 0 unspecified atom stereocenters. The van der Waals surface area contributed by atoms with Gasteiger partial charge in [-0.15, -0.1) is 0 Å². The first kappa shape index (κ1) is 8.90. The summed E-state index contributed by atoms with van der Waals surface area (Å²) >= 11 is -4.33. The fraction of sp³-hybridized carbons (Fsp3) is 0. The molecule has 0 atom stereocenters. The molecule has 0 aromatic carbocycles. The maximum atomic E-state index is 10.1. The molecule has 5 heavy (non-hydrogen) atoms. The zero-order valence-corrected chi connectivity index (χ0v) is 4.79. The second-order valence-corrected chi connectivity index (χ2v) is 1.23. The Morgan fingerprint density at radius 3 is 1.80 bits per heavy atom. The first-order valence-electron chi connectivity index (χ1n) is 0.597. The predicted molar refractivity (Wildman–Crippen MR) is 13.5 cm³/mol. The summed E-state index contributed by atoms with van der Waals surface area (Å²) in [5, 5.41) is 0. The molecular formula is H4FGeNO2. The molecule has 0 aliphatic heterocycles.